The van der Waals surface area contributed by atoms with Gasteiger partial charge in [-0.1, -0.05) is 60.7 Å². The maximum atomic E-state index is 13.2. The van der Waals surface area contributed by atoms with Gasteiger partial charge in [0.05, 0.1) is 5.57 Å². The number of carbonyl (C=O) groups is 2. The predicted molar refractivity (Wildman–Crippen MR) is 116 cm³/mol. The van der Waals surface area contributed by atoms with Crippen molar-refractivity contribution in [3.63, 3.8) is 0 Å². The molecule has 2 aromatic carbocycles. The van der Waals surface area contributed by atoms with Crippen molar-refractivity contribution in [2.24, 2.45) is 0 Å². The van der Waals surface area contributed by atoms with E-state index in [1.54, 1.807) is 0 Å². The van der Waals surface area contributed by atoms with E-state index < -0.39 is 23.0 Å². The number of amides is 1. The van der Waals surface area contributed by atoms with Crippen molar-refractivity contribution in [1.29, 1.82) is 0 Å². The molecule has 158 valence electrons. The fourth-order valence-electron chi connectivity index (χ4n) is 3.59. The third-order valence-electron chi connectivity index (χ3n) is 5.15. The molecule has 1 amide bonds. The van der Waals surface area contributed by atoms with E-state index in [0.29, 0.717) is 19.3 Å². The van der Waals surface area contributed by atoms with Crippen LogP contribution in [-0.4, -0.2) is 28.1 Å². The second kappa shape index (κ2) is 8.74. The fourth-order valence-corrected chi connectivity index (χ4v) is 3.59. The second-order valence-electron chi connectivity index (χ2n) is 8.72. The van der Waals surface area contributed by atoms with Crippen molar-refractivity contribution in [3.8, 4) is 0 Å². The second-order valence-corrected chi connectivity index (χ2v) is 8.72. The van der Waals surface area contributed by atoms with Gasteiger partial charge in [-0.2, -0.15) is 0 Å². The van der Waals surface area contributed by atoms with Gasteiger partial charge < -0.3 is 15.2 Å². The number of hydrogen-bond donors (Lipinski definition) is 2. The summed E-state index contributed by atoms with van der Waals surface area (Å²) >= 11 is 0. The highest BCUT2D eigenvalue weighted by Crippen LogP contribution is 2.37. The summed E-state index contributed by atoms with van der Waals surface area (Å²) in [6, 6.07) is 19.4. The van der Waals surface area contributed by atoms with E-state index in [9.17, 15) is 14.7 Å². The molecule has 0 saturated carbocycles. The largest absolute Gasteiger partial charge is 0.507 e. The molecule has 1 atom stereocenters. The van der Waals surface area contributed by atoms with Gasteiger partial charge in [0, 0.05) is 12.0 Å². The minimum Gasteiger partial charge on any atom is -0.507 e. The summed E-state index contributed by atoms with van der Waals surface area (Å²) in [6.07, 6.45) is 1.54. The summed E-state index contributed by atoms with van der Waals surface area (Å²) in [5.74, 6) is -1.38. The number of cyclic esters (lactones) is 1. The molecule has 2 N–H and O–H groups in total. The molecule has 0 aromatic heterocycles. The van der Waals surface area contributed by atoms with E-state index in [1.165, 1.54) is 0 Å². The Morgan fingerprint density at radius 3 is 2.00 bits per heavy atom. The van der Waals surface area contributed by atoms with Crippen molar-refractivity contribution in [3.05, 3.63) is 83.1 Å². The molecule has 5 nitrogen and oxygen atoms in total. The van der Waals surface area contributed by atoms with Crippen molar-refractivity contribution < 1.29 is 19.4 Å². The molecule has 2 aromatic rings. The smallest absolute Gasteiger partial charge is 0.339 e. The van der Waals surface area contributed by atoms with Gasteiger partial charge >= 0.3 is 5.97 Å². The van der Waals surface area contributed by atoms with Crippen LogP contribution in [-0.2, 0) is 27.2 Å². The molecule has 1 heterocycles. The van der Waals surface area contributed by atoms with Crippen molar-refractivity contribution in [2.75, 3.05) is 0 Å². The molecule has 0 fully saturated rings. The Morgan fingerprint density at radius 2 is 1.47 bits per heavy atom. The van der Waals surface area contributed by atoms with Crippen molar-refractivity contribution in [2.45, 2.75) is 57.6 Å². The number of carbonyl (C=O) groups excluding carboxylic acids is 2. The normalized spacial score (nSPS) is 19.0. The molecule has 0 bridgehead atoms. The van der Waals surface area contributed by atoms with Gasteiger partial charge in [0.1, 0.15) is 0 Å². The van der Waals surface area contributed by atoms with Gasteiger partial charge in [-0.05, 0) is 51.2 Å². The van der Waals surface area contributed by atoms with Gasteiger partial charge in [0.2, 0.25) is 5.60 Å². The quantitative estimate of drug-likeness (QED) is 0.672. The third kappa shape index (κ3) is 4.90. The van der Waals surface area contributed by atoms with Crippen LogP contribution >= 0.6 is 0 Å². The molecule has 0 spiro atoms. The Bertz CT molecular complexity index is 929. The fraction of sp³-hybridized carbons (Fsp3) is 0.360. The summed E-state index contributed by atoms with van der Waals surface area (Å²) in [4.78, 5) is 25.9. The van der Waals surface area contributed by atoms with Gasteiger partial charge in [-0.3, -0.25) is 4.79 Å². The molecule has 1 aliphatic rings. The van der Waals surface area contributed by atoms with Crippen LogP contribution in [0.5, 0.6) is 0 Å². The Morgan fingerprint density at radius 1 is 0.933 bits per heavy atom. The van der Waals surface area contributed by atoms with Crippen LogP contribution in [0.3, 0.4) is 0 Å². The Labute approximate surface area is 177 Å². The summed E-state index contributed by atoms with van der Waals surface area (Å²) in [7, 11) is 0. The summed E-state index contributed by atoms with van der Waals surface area (Å²) in [6.45, 7) is 5.55. The van der Waals surface area contributed by atoms with E-state index in [2.05, 4.69) is 5.32 Å². The predicted octanol–water partition coefficient (Wildman–Crippen LogP) is 4.27. The molecule has 0 saturated heterocycles. The van der Waals surface area contributed by atoms with E-state index >= 15 is 0 Å². The van der Waals surface area contributed by atoms with Crippen molar-refractivity contribution in [1.82, 2.24) is 5.32 Å². The molecule has 1 aliphatic heterocycles. The van der Waals surface area contributed by atoms with E-state index in [-0.39, 0.29) is 17.8 Å². The number of hydrogen-bond acceptors (Lipinski definition) is 4. The number of nitrogens with one attached hydrogen (secondary N) is 1. The minimum absolute atomic E-state index is 0.172. The minimum atomic E-state index is -1.70. The lowest BCUT2D eigenvalue weighted by atomic mass is 9.89. The number of esters is 1. The molecule has 30 heavy (non-hydrogen) atoms. The number of ether oxygens (including phenoxy) is 1. The van der Waals surface area contributed by atoms with Gasteiger partial charge in [-0.25, -0.2) is 4.79 Å². The van der Waals surface area contributed by atoms with E-state index in [0.717, 1.165) is 11.1 Å². The summed E-state index contributed by atoms with van der Waals surface area (Å²) < 4.78 is 5.62. The number of aryl methyl sites for hydroxylation is 2. The maximum Gasteiger partial charge on any atom is 0.339 e. The Balaban J connectivity index is 1.88. The Hall–Kier alpha value is -3.08. The zero-order valence-corrected chi connectivity index (χ0v) is 17.8. The SMILES string of the molecule is CC(C)(C)NC(=O)C1(CCc2ccccc2)OC(=O)C(CCc2ccccc2)=C1O. The van der Waals surface area contributed by atoms with Crippen LogP contribution in [0, 0.1) is 0 Å². The summed E-state index contributed by atoms with van der Waals surface area (Å²) in [5.41, 5.74) is -0.00719. The first-order valence-electron chi connectivity index (χ1n) is 10.3. The van der Waals surface area contributed by atoms with Gasteiger partial charge in [0.15, 0.2) is 5.76 Å². The van der Waals surface area contributed by atoms with Crippen LogP contribution in [0.25, 0.3) is 0 Å². The number of rotatable bonds is 7. The van der Waals surface area contributed by atoms with E-state index in [1.807, 2.05) is 81.4 Å². The Kier molecular flexibility index (Phi) is 6.30. The number of benzene rings is 2. The standard InChI is InChI=1S/C25H29NO4/c1-24(2,3)26-23(29)25(17-16-19-12-8-5-9-13-19)21(27)20(22(28)30-25)15-14-18-10-6-4-7-11-18/h4-13,27H,14-17H2,1-3H3,(H,26,29). The lowest BCUT2D eigenvalue weighted by Gasteiger charge is -2.31. The van der Waals surface area contributed by atoms with Crippen LogP contribution < -0.4 is 5.32 Å². The zero-order valence-electron chi connectivity index (χ0n) is 17.8. The molecule has 3 rings (SSSR count). The highest BCUT2D eigenvalue weighted by molar-refractivity contribution is 6.01. The highest BCUT2D eigenvalue weighted by Gasteiger charge is 2.54. The average Bonchev–Trinajstić information content (AvgIpc) is 2.95. The monoisotopic (exact) mass is 407 g/mol. The third-order valence-corrected chi connectivity index (χ3v) is 5.15. The number of aliphatic hydroxyl groups excluding tert-OH is 1. The average molecular weight is 408 g/mol. The molecular weight excluding hydrogens is 378 g/mol. The highest BCUT2D eigenvalue weighted by atomic mass is 16.6. The first-order valence-corrected chi connectivity index (χ1v) is 10.3. The molecule has 5 heteroatoms. The molecule has 0 aliphatic carbocycles. The zero-order chi connectivity index (χ0) is 21.8. The van der Waals surface area contributed by atoms with Crippen LogP contribution in [0.1, 0.15) is 44.7 Å². The lowest BCUT2D eigenvalue weighted by Crippen LogP contribution is -2.54. The topological polar surface area (TPSA) is 75.6 Å². The molecule has 1 unspecified atom stereocenters. The van der Waals surface area contributed by atoms with Crippen LogP contribution in [0.2, 0.25) is 0 Å². The van der Waals surface area contributed by atoms with E-state index in [4.69, 9.17) is 4.74 Å². The lowest BCUT2D eigenvalue weighted by molar-refractivity contribution is -0.160. The van der Waals surface area contributed by atoms with Crippen LogP contribution in [0.4, 0.5) is 0 Å². The maximum absolute atomic E-state index is 13.2. The first kappa shape index (κ1) is 21.6. The van der Waals surface area contributed by atoms with Crippen molar-refractivity contribution >= 4 is 11.9 Å². The molecular formula is C25H29NO4. The van der Waals surface area contributed by atoms with Crippen LogP contribution in [0.15, 0.2) is 72.0 Å². The summed E-state index contributed by atoms with van der Waals surface area (Å²) in [5, 5.41) is 13.9. The first-order chi connectivity index (χ1) is 14.2. The van der Waals surface area contributed by atoms with Gasteiger partial charge in [0.25, 0.3) is 5.91 Å². The number of aliphatic hydroxyl groups is 1. The molecule has 0 radical (unpaired) electrons. The van der Waals surface area contributed by atoms with Gasteiger partial charge in [-0.15, -0.1) is 0 Å².